The van der Waals surface area contributed by atoms with Crippen LogP contribution in [0.15, 0.2) is 66.3 Å². The first-order valence-electron chi connectivity index (χ1n) is 9.80. The standard InChI is InChI=1S/C22H19N5O3S2/c1-32(29,30)14-20-24-17-4-2-3-5-19(17)27(20)13-21(28)23-16-8-6-15(7-9-16)18-12-26-10-11-31-22(26)25-18/h2-12H,13-14H2,1H3,(H,23,28). The van der Waals surface area contributed by atoms with Crippen LogP contribution >= 0.6 is 11.3 Å². The molecule has 0 saturated carbocycles. The molecule has 3 aromatic heterocycles. The minimum absolute atomic E-state index is 0.0373. The number of nitrogens with one attached hydrogen (secondary N) is 1. The molecule has 0 radical (unpaired) electrons. The van der Waals surface area contributed by atoms with Gasteiger partial charge in [0.05, 0.1) is 16.7 Å². The lowest BCUT2D eigenvalue weighted by atomic mass is 10.1. The van der Waals surface area contributed by atoms with Crippen molar-refractivity contribution in [1.82, 2.24) is 18.9 Å². The fourth-order valence-electron chi connectivity index (χ4n) is 3.58. The Morgan fingerprint density at radius 3 is 2.62 bits per heavy atom. The van der Waals surface area contributed by atoms with Crippen LogP contribution < -0.4 is 5.32 Å². The molecule has 0 spiro atoms. The molecule has 1 N–H and O–H groups in total. The number of nitrogens with zero attached hydrogens (tertiary/aromatic N) is 4. The molecule has 0 saturated heterocycles. The lowest BCUT2D eigenvalue weighted by Crippen LogP contribution is -2.21. The van der Waals surface area contributed by atoms with Gasteiger partial charge in [0.25, 0.3) is 0 Å². The van der Waals surface area contributed by atoms with Gasteiger partial charge >= 0.3 is 0 Å². The number of carbonyl (C=O) groups excluding carboxylic acids is 1. The van der Waals surface area contributed by atoms with Crippen molar-refractivity contribution in [3.63, 3.8) is 0 Å². The summed E-state index contributed by atoms with van der Waals surface area (Å²) in [5.74, 6) is -0.150. The molecule has 2 aromatic carbocycles. The molecule has 0 fully saturated rings. The molecular formula is C22H19N5O3S2. The van der Waals surface area contributed by atoms with Crippen LogP contribution in [-0.4, -0.2) is 39.5 Å². The van der Waals surface area contributed by atoms with Crippen LogP contribution in [0.1, 0.15) is 5.82 Å². The van der Waals surface area contributed by atoms with E-state index in [1.165, 1.54) is 0 Å². The first kappa shape index (κ1) is 20.4. The maximum absolute atomic E-state index is 12.8. The molecule has 0 aliphatic rings. The number of thiazole rings is 1. The summed E-state index contributed by atoms with van der Waals surface area (Å²) in [5, 5.41) is 4.86. The molecule has 0 aliphatic carbocycles. The topological polar surface area (TPSA) is 98.4 Å². The van der Waals surface area contributed by atoms with E-state index in [9.17, 15) is 13.2 Å². The Balaban J connectivity index is 1.35. The van der Waals surface area contributed by atoms with Gasteiger partial charge in [0.1, 0.15) is 18.1 Å². The van der Waals surface area contributed by atoms with Gasteiger partial charge in [-0.25, -0.2) is 18.4 Å². The predicted octanol–water partition coefficient (Wildman–Crippen LogP) is 3.60. The van der Waals surface area contributed by atoms with Crippen LogP contribution in [0.25, 0.3) is 27.3 Å². The molecular weight excluding hydrogens is 446 g/mol. The van der Waals surface area contributed by atoms with Gasteiger partial charge in [0, 0.05) is 35.3 Å². The highest BCUT2D eigenvalue weighted by atomic mass is 32.2. The van der Waals surface area contributed by atoms with Crippen LogP contribution in [-0.2, 0) is 26.9 Å². The smallest absolute Gasteiger partial charge is 0.244 e. The fraction of sp³-hybridized carbons (Fsp3) is 0.136. The maximum Gasteiger partial charge on any atom is 0.244 e. The molecule has 0 bridgehead atoms. The number of anilines is 1. The minimum atomic E-state index is -3.30. The third-order valence-corrected chi connectivity index (χ3v) is 6.54. The quantitative estimate of drug-likeness (QED) is 0.413. The first-order valence-corrected chi connectivity index (χ1v) is 12.7. The van der Waals surface area contributed by atoms with Crippen molar-refractivity contribution in [3.8, 4) is 11.3 Å². The van der Waals surface area contributed by atoms with Crippen LogP contribution in [0, 0.1) is 0 Å². The van der Waals surface area contributed by atoms with Gasteiger partial charge in [0.2, 0.25) is 5.91 Å². The van der Waals surface area contributed by atoms with Gasteiger partial charge in [-0.3, -0.25) is 9.20 Å². The lowest BCUT2D eigenvalue weighted by Gasteiger charge is -2.10. The maximum atomic E-state index is 12.8. The van der Waals surface area contributed by atoms with E-state index in [1.54, 1.807) is 22.0 Å². The average molecular weight is 466 g/mol. The van der Waals surface area contributed by atoms with Gasteiger partial charge in [-0.15, -0.1) is 11.3 Å². The Kier molecular flexibility index (Phi) is 5.03. The van der Waals surface area contributed by atoms with E-state index in [2.05, 4.69) is 15.3 Å². The van der Waals surface area contributed by atoms with E-state index in [0.29, 0.717) is 17.0 Å². The number of rotatable bonds is 6. The van der Waals surface area contributed by atoms with Crippen LogP contribution in [0.2, 0.25) is 0 Å². The number of amides is 1. The van der Waals surface area contributed by atoms with Crippen molar-refractivity contribution >= 4 is 48.8 Å². The number of hydrogen-bond acceptors (Lipinski definition) is 6. The van der Waals surface area contributed by atoms with E-state index >= 15 is 0 Å². The molecule has 8 nitrogen and oxygen atoms in total. The van der Waals surface area contributed by atoms with E-state index in [4.69, 9.17) is 0 Å². The molecule has 162 valence electrons. The zero-order chi connectivity index (χ0) is 22.3. The van der Waals surface area contributed by atoms with Crippen LogP contribution in [0.5, 0.6) is 0 Å². The number of aromatic nitrogens is 4. The molecule has 0 unspecified atom stereocenters. The summed E-state index contributed by atoms with van der Waals surface area (Å²) < 4.78 is 27.3. The highest BCUT2D eigenvalue weighted by Crippen LogP contribution is 2.23. The second-order valence-electron chi connectivity index (χ2n) is 7.52. The summed E-state index contributed by atoms with van der Waals surface area (Å²) in [6.07, 6.45) is 5.08. The van der Waals surface area contributed by atoms with Crippen LogP contribution in [0.4, 0.5) is 5.69 Å². The average Bonchev–Trinajstić information content (AvgIpc) is 3.42. The molecule has 1 amide bonds. The summed E-state index contributed by atoms with van der Waals surface area (Å²) in [7, 11) is -3.30. The number of hydrogen-bond donors (Lipinski definition) is 1. The second kappa shape index (κ2) is 7.88. The zero-order valence-electron chi connectivity index (χ0n) is 17.1. The first-order chi connectivity index (χ1) is 15.4. The summed E-state index contributed by atoms with van der Waals surface area (Å²) in [4.78, 5) is 22.7. The summed E-state index contributed by atoms with van der Waals surface area (Å²) in [6, 6.07) is 14.7. The third-order valence-electron chi connectivity index (χ3n) is 4.98. The highest BCUT2D eigenvalue weighted by Gasteiger charge is 2.17. The number of sulfone groups is 1. The summed E-state index contributed by atoms with van der Waals surface area (Å²) in [5.41, 5.74) is 3.84. The number of imidazole rings is 2. The van der Waals surface area contributed by atoms with Crippen molar-refractivity contribution in [2.24, 2.45) is 0 Å². The van der Waals surface area contributed by atoms with Gasteiger partial charge in [-0.1, -0.05) is 24.3 Å². The van der Waals surface area contributed by atoms with E-state index in [0.717, 1.165) is 28.0 Å². The van der Waals surface area contributed by atoms with Crippen molar-refractivity contribution in [3.05, 3.63) is 72.1 Å². The van der Waals surface area contributed by atoms with Gasteiger partial charge in [0.15, 0.2) is 14.8 Å². The Hall–Kier alpha value is -3.50. The van der Waals surface area contributed by atoms with Crippen molar-refractivity contribution in [1.29, 1.82) is 0 Å². The highest BCUT2D eigenvalue weighted by molar-refractivity contribution is 7.89. The van der Waals surface area contributed by atoms with Gasteiger partial charge < -0.3 is 9.88 Å². The molecule has 10 heteroatoms. The van der Waals surface area contributed by atoms with Crippen molar-refractivity contribution < 1.29 is 13.2 Å². The summed E-state index contributed by atoms with van der Waals surface area (Å²) in [6.45, 7) is -0.0373. The molecule has 0 atom stereocenters. The molecule has 0 aliphatic heterocycles. The summed E-state index contributed by atoms with van der Waals surface area (Å²) >= 11 is 1.57. The Morgan fingerprint density at radius 2 is 1.88 bits per heavy atom. The minimum Gasteiger partial charge on any atom is -0.325 e. The Morgan fingerprint density at radius 1 is 1.09 bits per heavy atom. The second-order valence-corrected chi connectivity index (χ2v) is 10.5. The SMILES string of the molecule is CS(=O)(=O)Cc1nc2ccccc2n1CC(=O)Nc1ccc(-c2cn3ccsc3n2)cc1. The molecule has 5 aromatic rings. The number of benzene rings is 2. The monoisotopic (exact) mass is 465 g/mol. The Bertz CT molecular complexity index is 1520. The lowest BCUT2D eigenvalue weighted by molar-refractivity contribution is -0.116. The third kappa shape index (κ3) is 4.14. The van der Waals surface area contributed by atoms with E-state index in [-0.39, 0.29) is 18.2 Å². The van der Waals surface area contributed by atoms with E-state index in [1.807, 2.05) is 64.6 Å². The van der Waals surface area contributed by atoms with E-state index < -0.39 is 9.84 Å². The number of para-hydroxylation sites is 2. The molecule has 32 heavy (non-hydrogen) atoms. The fourth-order valence-corrected chi connectivity index (χ4v) is 4.97. The van der Waals surface area contributed by atoms with Crippen LogP contribution in [0.3, 0.4) is 0 Å². The zero-order valence-corrected chi connectivity index (χ0v) is 18.7. The molecule has 3 heterocycles. The Labute approximate surface area is 188 Å². The number of carbonyl (C=O) groups is 1. The number of fused-ring (bicyclic) bond motifs is 2. The van der Waals surface area contributed by atoms with Crippen molar-refractivity contribution in [2.75, 3.05) is 11.6 Å². The molecule has 5 rings (SSSR count). The largest absolute Gasteiger partial charge is 0.325 e. The van der Waals surface area contributed by atoms with Gasteiger partial charge in [-0.05, 0) is 24.3 Å². The van der Waals surface area contributed by atoms with Crippen molar-refractivity contribution in [2.45, 2.75) is 12.3 Å². The normalized spacial score (nSPS) is 11.9. The van der Waals surface area contributed by atoms with Gasteiger partial charge in [-0.2, -0.15) is 0 Å². The predicted molar refractivity (Wildman–Crippen MR) is 125 cm³/mol.